The van der Waals surface area contributed by atoms with Gasteiger partial charge in [-0.25, -0.2) is 4.68 Å². The summed E-state index contributed by atoms with van der Waals surface area (Å²) < 4.78 is 1.91. The van der Waals surface area contributed by atoms with Crippen LogP contribution in [0.15, 0.2) is 83.7 Å². The first-order valence-corrected chi connectivity index (χ1v) is 13.2. The fraction of sp³-hybridized carbons (Fsp3) is 0.290. The Bertz CT molecular complexity index is 1560. The number of H-pyrrole nitrogens is 1. The Hall–Kier alpha value is -4.10. The average Bonchev–Trinajstić information content (AvgIpc) is 3.40. The summed E-state index contributed by atoms with van der Waals surface area (Å²) in [5.74, 6) is 0.822. The molecule has 3 aromatic carbocycles. The molecule has 194 valence electrons. The molecule has 38 heavy (non-hydrogen) atoms. The van der Waals surface area contributed by atoms with Crippen LogP contribution in [0.5, 0.6) is 0 Å². The molecule has 7 heteroatoms. The van der Waals surface area contributed by atoms with E-state index in [2.05, 4.69) is 94.7 Å². The van der Waals surface area contributed by atoms with E-state index in [4.69, 9.17) is 0 Å². The Balaban J connectivity index is 1.48. The fourth-order valence-corrected chi connectivity index (χ4v) is 5.09. The molecule has 2 aromatic heterocycles. The highest BCUT2D eigenvalue weighted by molar-refractivity contribution is 5.83. The highest BCUT2D eigenvalue weighted by Crippen LogP contribution is 2.27. The second-order valence-electron chi connectivity index (χ2n) is 9.91. The molecule has 5 rings (SSSR count). The average molecular weight is 507 g/mol. The molecule has 2 heterocycles. The highest BCUT2D eigenvalue weighted by Gasteiger charge is 2.26. The molecule has 1 N–H and O–H groups in total. The summed E-state index contributed by atoms with van der Waals surface area (Å²) in [6.45, 7) is 8.12. The summed E-state index contributed by atoms with van der Waals surface area (Å²) >= 11 is 0. The van der Waals surface area contributed by atoms with Crippen LogP contribution in [0.2, 0.25) is 0 Å². The number of benzene rings is 3. The van der Waals surface area contributed by atoms with Crippen molar-refractivity contribution in [3.8, 4) is 0 Å². The Labute approximate surface area is 223 Å². The molecule has 0 radical (unpaired) electrons. The second kappa shape index (κ2) is 11.5. The minimum absolute atomic E-state index is 0.0530. The van der Waals surface area contributed by atoms with E-state index in [1.165, 1.54) is 16.7 Å². The first-order chi connectivity index (χ1) is 18.5. The number of hydrogen-bond acceptors (Lipinski definition) is 5. The minimum Gasteiger partial charge on any atom is -0.321 e. The van der Waals surface area contributed by atoms with Crippen molar-refractivity contribution >= 4 is 10.9 Å². The van der Waals surface area contributed by atoms with E-state index >= 15 is 0 Å². The van der Waals surface area contributed by atoms with Crippen LogP contribution in [-0.2, 0) is 26.1 Å². The van der Waals surface area contributed by atoms with Gasteiger partial charge in [0.15, 0.2) is 5.82 Å². The van der Waals surface area contributed by atoms with Gasteiger partial charge in [0.2, 0.25) is 0 Å². The van der Waals surface area contributed by atoms with E-state index in [0.29, 0.717) is 19.6 Å². The molecule has 1 atom stereocenters. The highest BCUT2D eigenvalue weighted by atomic mass is 16.1. The smallest absolute Gasteiger partial charge is 0.252 e. The van der Waals surface area contributed by atoms with Crippen molar-refractivity contribution in [2.75, 3.05) is 0 Å². The van der Waals surface area contributed by atoms with Gasteiger partial charge in [0.05, 0.1) is 11.6 Å². The van der Waals surface area contributed by atoms with E-state index in [-0.39, 0.29) is 11.6 Å². The van der Waals surface area contributed by atoms with Crippen molar-refractivity contribution in [3.05, 3.63) is 123 Å². The first-order valence-electron chi connectivity index (χ1n) is 13.2. The molecule has 0 aliphatic heterocycles. The Morgan fingerprint density at radius 3 is 2.34 bits per heavy atom. The first kappa shape index (κ1) is 25.5. The minimum atomic E-state index is -0.0594. The molecule has 0 bridgehead atoms. The van der Waals surface area contributed by atoms with Crippen LogP contribution in [0.3, 0.4) is 0 Å². The molecule has 5 aromatic rings. The molecule has 0 spiro atoms. The van der Waals surface area contributed by atoms with Crippen LogP contribution >= 0.6 is 0 Å². The van der Waals surface area contributed by atoms with Gasteiger partial charge in [-0.2, -0.15) is 0 Å². The number of aryl methyl sites for hydroxylation is 4. The summed E-state index contributed by atoms with van der Waals surface area (Å²) in [6.07, 6.45) is 1.65. The molecular formula is C31H34N6O. The maximum atomic E-state index is 13.3. The third-order valence-electron chi connectivity index (χ3n) is 7.37. The lowest BCUT2D eigenvalue weighted by Gasteiger charge is -2.30. The summed E-state index contributed by atoms with van der Waals surface area (Å²) in [6, 6.07) is 26.9. The predicted octanol–water partition coefficient (Wildman–Crippen LogP) is 5.53. The number of pyridine rings is 1. The van der Waals surface area contributed by atoms with Gasteiger partial charge in [-0.05, 0) is 70.8 Å². The number of aromatic nitrogens is 5. The molecular weight excluding hydrogens is 472 g/mol. The summed E-state index contributed by atoms with van der Waals surface area (Å²) in [4.78, 5) is 18.7. The van der Waals surface area contributed by atoms with Crippen molar-refractivity contribution in [2.24, 2.45) is 0 Å². The van der Waals surface area contributed by atoms with Gasteiger partial charge in [-0.3, -0.25) is 9.69 Å². The van der Waals surface area contributed by atoms with Gasteiger partial charge >= 0.3 is 0 Å². The standard InChI is InChI=1S/C31H34N6O/c1-4-28(30-33-34-35-37(30)18-17-24-11-7-5-8-12-24)36(20-25-13-9-6-10-14-25)21-27-19-26-16-15-22(2)23(3)29(26)32-31(27)38/h5-16,19,28H,4,17-18,20-21H2,1-3H3,(H,32,38). The van der Waals surface area contributed by atoms with Crippen molar-refractivity contribution < 1.29 is 0 Å². The van der Waals surface area contributed by atoms with Gasteiger partial charge in [0, 0.05) is 25.2 Å². The third kappa shape index (κ3) is 5.58. The van der Waals surface area contributed by atoms with Gasteiger partial charge in [-0.1, -0.05) is 79.7 Å². The van der Waals surface area contributed by atoms with Crippen molar-refractivity contribution in [1.82, 2.24) is 30.1 Å². The van der Waals surface area contributed by atoms with Crippen molar-refractivity contribution in [1.29, 1.82) is 0 Å². The van der Waals surface area contributed by atoms with Crippen molar-refractivity contribution in [2.45, 2.75) is 59.3 Å². The van der Waals surface area contributed by atoms with Gasteiger partial charge in [-0.15, -0.1) is 5.10 Å². The lowest BCUT2D eigenvalue weighted by molar-refractivity contribution is 0.160. The number of hydrogen-bond donors (Lipinski definition) is 1. The molecule has 0 amide bonds. The van der Waals surface area contributed by atoms with Crippen LogP contribution in [0.1, 0.15) is 53.0 Å². The summed E-state index contributed by atoms with van der Waals surface area (Å²) in [5, 5.41) is 13.9. The molecule has 0 aliphatic rings. The van der Waals surface area contributed by atoms with Crippen LogP contribution in [-0.4, -0.2) is 30.1 Å². The molecule has 0 saturated carbocycles. The Kier molecular flexibility index (Phi) is 7.75. The zero-order valence-corrected chi connectivity index (χ0v) is 22.3. The fourth-order valence-electron chi connectivity index (χ4n) is 5.09. The van der Waals surface area contributed by atoms with Crippen LogP contribution in [0, 0.1) is 13.8 Å². The number of aromatic amines is 1. The van der Waals surface area contributed by atoms with E-state index in [1.54, 1.807) is 0 Å². The zero-order chi connectivity index (χ0) is 26.5. The van der Waals surface area contributed by atoms with Gasteiger partial charge in [0.1, 0.15) is 0 Å². The SMILES string of the molecule is CCC(c1nnnn1CCc1ccccc1)N(Cc1ccccc1)Cc1cc2ccc(C)c(C)c2[nH]c1=O. The van der Waals surface area contributed by atoms with Gasteiger partial charge in [0.25, 0.3) is 5.56 Å². The quantitative estimate of drug-likeness (QED) is 0.270. The van der Waals surface area contributed by atoms with Crippen LogP contribution < -0.4 is 5.56 Å². The number of rotatable bonds is 10. The number of nitrogens with zero attached hydrogens (tertiary/aromatic N) is 5. The number of fused-ring (bicyclic) bond motifs is 1. The largest absolute Gasteiger partial charge is 0.321 e. The number of nitrogens with one attached hydrogen (secondary N) is 1. The zero-order valence-electron chi connectivity index (χ0n) is 22.3. The van der Waals surface area contributed by atoms with E-state index < -0.39 is 0 Å². The molecule has 0 saturated heterocycles. The maximum absolute atomic E-state index is 13.3. The summed E-state index contributed by atoms with van der Waals surface area (Å²) in [7, 11) is 0. The van der Waals surface area contributed by atoms with E-state index in [1.807, 2.05) is 35.0 Å². The van der Waals surface area contributed by atoms with Gasteiger partial charge < -0.3 is 4.98 Å². The normalized spacial score (nSPS) is 12.3. The van der Waals surface area contributed by atoms with E-state index in [0.717, 1.165) is 40.7 Å². The lowest BCUT2D eigenvalue weighted by atomic mass is 10.0. The Morgan fingerprint density at radius 2 is 1.63 bits per heavy atom. The monoisotopic (exact) mass is 506 g/mol. The molecule has 7 nitrogen and oxygen atoms in total. The topological polar surface area (TPSA) is 79.7 Å². The lowest BCUT2D eigenvalue weighted by Crippen LogP contribution is -2.32. The molecule has 0 fully saturated rings. The van der Waals surface area contributed by atoms with Crippen LogP contribution in [0.4, 0.5) is 0 Å². The van der Waals surface area contributed by atoms with Crippen LogP contribution in [0.25, 0.3) is 10.9 Å². The third-order valence-corrected chi connectivity index (χ3v) is 7.37. The van der Waals surface area contributed by atoms with Crippen molar-refractivity contribution in [3.63, 3.8) is 0 Å². The number of tetrazole rings is 1. The molecule has 1 unspecified atom stereocenters. The molecule has 0 aliphatic carbocycles. The van der Waals surface area contributed by atoms with E-state index in [9.17, 15) is 4.79 Å². The predicted molar refractivity (Wildman–Crippen MR) is 151 cm³/mol. The second-order valence-corrected chi connectivity index (χ2v) is 9.91. The Morgan fingerprint density at radius 1 is 0.921 bits per heavy atom. The maximum Gasteiger partial charge on any atom is 0.252 e. The summed E-state index contributed by atoms with van der Waals surface area (Å²) in [5.41, 5.74) is 6.29.